The topological polar surface area (TPSA) is 76.5 Å². The summed E-state index contributed by atoms with van der Waals surface area (Å²) in [5.74, 6) is -0.766. The summed E-state index contributed by atoms with van der Waals surface area (Å²) in [6, 6.07) is 11.6. The van der Waals surface area contributed by atoms with Gasteiger partial charge in [0.1, 0.15) is 5.69 Å². The summed E-state index contributed by atoms with van der Waals surface area (Å²) in [5.41, 5.74) is 1.57. The molecule has 0 bridgehead atoms. The van der Waals surface area contributed by atoms with Crippen LogP contribution in [0.25, 0.3) is 6.08 Å². The molecule has 0 aliphatic rings. The molecule has 0 amide bonds. The number of methoxy groups -OCH3 is 1. The predicted molar refractivity (Wildman–Crippen MR) is 118 cm³/mol. The van der Waals surface area contributed by atoms with Crippen molar-refractivity contribution in [2.75, 3.05) is 7.11 Å². The smallest absolute Gasteiger partial charge is 0.337 e. The molecular formula is C25H31NO4. The lowest BCUT2D eigenvalue weighted by Crippen LogP contribution is -2.08. The van der Waals surface area contributed by atoms with E-state index in [1.54, 1.807) is 48.6 Å². The minimum absolute atomic E-state index is 0.274. The average molecular weight is 410 g/mol. The average Bonchev–Trinajstić information content (AvgIpc) is 2.79. The van der Waals surface area contributed by atoms with Crippen molar-refractivity contribution in [2.24, 2.45) is 0 Å². The number of ether oxygens (including phenoxy) is 1. The van der Waals surface area contributed by atoms with Crippen LogP contribution in [0.3, 0.4) is 0 Å². The number of aliphatic hydroxyl groups excluding tert-OH is 1. The molecule has 1 heterocycles. The van der Waals surface area contributed by atoms with Crippen molar-refractivity contribution >= 4 is 17.8 Å². The number of aromatic nitrogens is 1. The summed E-state index contributed by atoms with van der Waals surface area (Å²) < 4.78 is 4.70. The molecule has 0 fully saturated rings. The molecule has 0 saturated heterocycles. The van der Waals surface area contributed by atoms with Crippen LogP contribution in [0.5, 0.6) is 0 Å². The molecule has 1 aromatic carbocycles. The van der Waals surface area contributed by atoms with E-state index in [-0.39, 0.29) is 11.5 Å². The van der Waals surface area contributed by atoms with E-state index in [1.165, 1.54) is 38.9 Å². The summed E-state index contributed by atoms with van der Waals surface area (Å²) >= 11 is 0. The number of carbonyl (C=O) groups excluding carboxylic acids is 2. The molecule has 5 nitrogen and oxygen atoms in total. The van der Waals surface area contributed by atoms with E-state index >= 15 is 0 Å². The van der Waals surface area contributed by atoms with Crippen LogP contribution in [0.1, 0.15) is 84.0 Å². The van der Waals surface area contributed by atoms with Crippen molar-refractivity contribution < 1.29 is 19.4 Å². The second-order valence-corrected chi connectivity index (χ2v) is 7.33. The van der Waals surface area contributed by atoms with Crippen LogP contribution in [0, 0.1) is 0 Å². The zero-order valence-electron chi connectivity index (χ0n) is 17.8. The summed E-state index contributed by atoms with van der Waals surface area (Å²) in [5, 5.41) is 10.2. The van der Waals surface area contributed by atoms with Gasteiger partial charge in [0, 0.05) is 5.56 Å². The highest BCUT2D eigenvalue weighted by Gasteiger charge is 2.14. The maximum Gasteiger partial charge on any atom is 0.337 e. The van der Waals surface area contributed by atoms with Gasteiger partial charge in [-0.25, -0.2) is 9.78 Å². The number of nitrogens with zero attached hydrogens (tertiary/aromatic N) is 1. The Morgan fingerprint density at radius 1 is 1.03 bits per heavy atom. The SMILES string of the molecule is CCCCCCCCC(O)/C=C/c1cccc(C(=O)c2cccc(C(=O)OC)c2)n1. The first kappa shape index (κ1) is 23.5. The molecule has 2 rings (SSSR count). The van der Waals surface area contributed by atoms with Gasteiger partial charge in [-0.1, -0.05) is 69.7 Å². The number of hydrogen-bond donors (Lipinski definition) is 1. The van der Waals surface area contributed by atoms with Gasteiger partial charge < -0.3 is 9.84 Å². The number of hydrogen-bond acceptors (Lipinski definition) is 5. The fourth-order valence-electron chi connectivity index (χ4n) is 3.16. The molecule has 160 valence electrons. The number of esters is 1. The molecule has 2 aromatic rings. The van der Waals surface area contributed by atoms with Gasteiger partial charge in [-0.2, -0.15) is 0 Å². The Hall–Kier alpha value is -2.79. The van der Waals surface area contributed by atoms with E-state index in [9.17, 15) is 14.7 Å². The van der Waals surface area contributed by atoms with Gasteiger partial charge in [-0.3, -0.25) is 4.79 Å². The van der Waals surface area contributed by atoms with Crippen LogP contribution in [0.15, 0.2) is 48.5 Å². The zero-order valence-corrected chi connectivity index (χ0v) is 17.8. The minimum Gasteiger partial charge on any atom is -0.465 e. The predicted octanol–water partition coefficient (Wildman–Crippen LogP) is 5.22. The molecular weight excluding hydrogens is 378 g/mol. The number of benzene rings is 1. The highest BCUT2D eigenvalue weighted by atomic mass is 16.5. The fourth-order valence-corrected chi connectivity index (χ4v) is 3.16. The Kier molecular flexibility index (Phi) is 9.95. The van der Waals surface area contributed by atoms with Gasteiger partial charge in [0.05, 0.1) is 24.5 Å². The molecule has 1 unspecified atom stereocenters. The van der Waals surface area contributed by atoms with Gasteiger partial charge in [-0.15, -0.1) is 0 Å². The van der Waals surface area contributed by atoms with Gasteiger partial charge in [0.15, 0.2) is 0 Å². The number of unbranched alkanes of at least 4 members (excludes halogenated alkanes) is 5. The minimum atomic E-state index is -0.519. The number of carbonyl (C=O) groups is 2. The van der Waals surface area contributed by atoms with Crippen molar-refractivity contribution in [3.05, 3.63) is 71.1 Å². The van der Waals surface area contributed by atoms with E-state index < -0.39 is 12.1 Å². The van der Waals surface area contributed by atoms with Crippen LogP contribution < -0.4 is 0 Å². The van der Waals surface area contributed by atoms with E-state index in [4.69, 9.17) is 4.74 Å². The summed E-state index contributed by atoms with van der Waals surface area (Å²) in [7, 11) is 1.30. The van der Waals surface area contributed by atoms with Crippen molar-refractivity contribution in [3.63, 3.8) is 0 Å². The van der Waals surface area contributed by atoms with Crippen LogP contribution in [-0.2, 0) is 4.74 Å². The molecule has 0 spiro atoms. The van der Waals surface area contributed by atoms with Crippen LogP contribution in [0.2, 0.25) is 0 Å². The summed E-state index contributed by atoms with van der Waals surface area (Å²) in [6.45, 7) is 2.20. The Labute approximate surface area is 178 Å². The van der Waals surface area contributed by atoms with E-state index in [2.05, 4.69) is 11.9 Å². The van der Waals surface area contributed by atoms with Gasteiger partial charge in [0.25, 0.3) is 0 Å². The second-order valence-electron chi connectivity index (χ2n) is 7.33. The Morgan fingerprint density at radius 3 is 2.50 bits per heavy atom. The standard InChI is InChI=1S/C25H31NO4/c1-3-4-5-6-7-8-14-22(27)17-16-21-13-10-15-23(26-21)24(28)19-11-9-12-20(18-19)25(29)30-2/h9-13,15-18,22,27H,3-8,14H2,1-2H3/b17-16+. The number of aliphatic hydroxyl groups is 1. The van der Waals surface area contributed by atoms with Gasteiger partial charge >= 0.3 is 5.97 Å². The zero-order chi connectivity index (χ0) is 21.8. The monoisotopic (exact) mass is 409 g/mol. The molecule has 0 radical (unpaired) electrons. The maximum atomic E-state index is 12.8. The third-order valence-electron chi connectivity index (χ3n) is 4.89. The Morgan fingerprint density at radius 2 is 1.73 bits per heavy atom. The first-order valence-corrected chi connectivity index (χ1v) is 10.6. The third kappa shape index (κ3) is 7.56. The molecule has 30 heavy (non-hydrogen) atoms. The first-order chi connectivity index (χ1) is 14.5. The second kappa shape index (κ2) is 12.7. The fraction of sp³-hybridized carbons (Fsp3) is 0.400. The van der Waals surface area contributed by atoms with Crippen molar-refractivity contribution in [3.8, 4) is 0 Å². The molecule has 1 N–H and O–H groups in total. The Balaban J connectivity index is 1.96. The maximum absolute atomic E-state index is 12.8. The molecule has 1 aromatic heterocycles. The quantitative estimate of drug-likeness (QED) is 0.295. The third-order valence-corrected chi connectivity index (χ3v) is 4.89. The van der Waals surface area contributed by atoms with Crippen molar-refractivity contribution in [2.45, 2.75) is 58.0 Å². The molecule has 0 saturated carbocycles. The number of pyridine rings is 1. The lowest BCUT2D eigenvalue weighted by atomic mass is 10.0. The van der Waals surface area contributed by atoms with Gasteiger partial charge in [0.2, 0.25) is 5.78 Å². The summed E-state index contributed by atoms with van der Waals surface area (Å²) in [4.78, 5) is 28.8. The van der Waals surface area contributed by atoms with Crippen LogP contribution in [-0.4, -0.2) is 35.1 Å². The summed E-state index contributed by atoms with van der Waals surface area (Å²) in [6.07, 6.45) is 10.8. The van der Waals surface area contributed by atoms with E-state index in [1.807, 2.05) is 0 Å². The normalized spacial score (nSPS) is 12.1. The lowest BCUT2D eigenvalue weighted by molar-refractivity contribution is 0.0600. The number of ketones is 1. The lowest BCUT2D eigenvalue weighted by Gasteiger charge is -2.06. The molecule has 5 heteroatoms. The largest absolute Gasteiger partial charge is 0.465 e. The van der Waals surface area contributed by atoms with Crippen LogP contribution in [0.4, 0.5) is 0 Å². The van der Waals surface area contributed by atoms with Crippen molar-refractivity contribution in [1.29, 1.82) is 0 Å². The molecule has 0 aliphatic heterocycles. The van der Waals surface area contributed by atoms with Crippen molar-refractivity contribution in [1.82, 2.24) is 4.98 Å². The Bertz CT molecular complexity index is 860. The number of rotatable bonds is 12. The molecule has 0 aliphatic carbocycles. The van der Waals surface area contributed by atoms with Crippen LogP contribution >= 0.6 is 0 Å². The molecule has 1 atom stereocenters. The first-order valence-electron chi connectivity index (χ1n) is 10.6. The highest BCUT2D eigenvalue weighted by Crippen LogP contribution is 2.14. The van der Waals surface area contributed by atoms with Gasteiger partial charge in [-0.05, 0) is 36.8 Å². The highest BCUT2D eigenvalue weighted by molar-refractivity contribution is 6.08. The van der Waals surface area contributed by atoms with E-state index in [0.717, 1.165) is 19.3 Å². The van der Waals surface area contributed by atoms with E-state index in [0.29, 0.717) is 16.8 Å².